The largest absolute Gasteiger partial charge is 0.465 e. The summed E-state index contributed by atoms with van der Waals surface area (Å²) in [7, 11) is 1.26. The van der Waals surface area contributed by atoms with Gasteiger partial charge in [0.2, 0.25) is 0 Å². The third-order valence-corrected chi connectivity index (χ3v) is 5.56. The minimum atomic E-state index is -3.24. The Kier molecular flexibility index (Phi) is 3.43. The summed E-state index contributed by atoms with van der Waals surface area (Å²) in [6.07, 6.45) is 2.92. The van der Waals surface area contributed by atoms with Crippen LogP contribution in [0.5, 0.6) is 0 Å². The van der Waals surface area contributed by atoms with Crippen molar-refractivity contribution >= 4 is 17.0 Å². The number of ether oxygens (including phenoxy) is 1. The Bertz CT molecular complexity index is 1860. The van der Waals surface area contributed by atoms with E-state index in [-0.39, 0.29) is 16.6 Å². The fourth-order valence-electron chi connectivity index (χ4n) is 3.92. The van der Waals surface area contributed by atoms with Crippen LogP contribution >= 0.6 is 0 Å². The molecule has 0 fully saturated rings. The van der Waals surface area contributed by atoms with E-state index in [0.29, 0.717) is 33.7 Å². The van der Waals surface area contributed by atoms with Gasteiger partial charge in [0.25, 0.3) is 0 Å². The van der Waals surface area contributed by atoms with Crippen LogP contribution in [0.1, 0.15) is 52.6 Å². The Hall–Kier alpha value is -4.19. The summed E-state index contributed by atoms with van der Waals surface area (Å²) in [6, 6.07) is 1.12. The molecule has 3 aromatic heterocycles. The number of nitrogens with zero attached hydrogens (tertiary/aromatic N) is 3. The second kappa shape index (κ2) is 8.63. The van der Waals surface area contributed by atoms with Gasteiger partial charge in [-0.1, -0.05) is 47.5 Å². The monoisotopic (exact) mass is 460 g/mol. The van der Waals surface area contributed by atoms with Gasteiger partial charge in [0.1, 0.15) is 5.76 Å². The first-order valence-corrected chi connectivity index (χ1v) is 10.3. The summed E-state index contributed by atoms with van der Waals surface area (Å²) in [5.74, 6) is -0.0704. The lowest BCUT2D eigenvalue weighted by molar-refractivity contribution is 0.0600. The minimum absolute atomic E-state index is 0.141. The number of rotatable bonds is 5. The number of fused-ring (bicyclic) bond motifs is 1. The van der Waals surface area contributed by atoms with Crippen LogP contribution in [0.2, 0.25) is 0 Å². The zero-order valence-electron chi connectivity index (χ0n) is 27.6. The van der Waals surface area contributed by atoms with Crippen molar-refractivity contribution in [2.75, 3.05) is 7.11 Å². The van der Waals surface area contributed by atoms with Crippen molar-refractivity contribution in [2.45, 2.75) is 26.7 Å². The number of esters is 1. The molecule has 0 aliphatic rings. The molecule has 0 saturated heterocycles. The van der Waals surface area contributed by atoms with Crippen molar-refractivity contribution in [3.05, 3.63) is 95.5 Å². The third-order valence-electron chi connectivity index (χ3n) is 5.56. The average Bonchev–Trinajstić information content (AvgIpc) is 3.52. The molecule has 34 heavy (non-hydrogen) atoms. The molecule has 0 bridgehead atoms. The molecule has 0 aliphatic carbocycles. The van der Waals surface area contributed by atoms with Crippen molar-refractivity contribution < 1.29 is 26.4 Å². The Morgan fingerprint density at radius 2 is 1.94 bits per heavy atom. The van der Waals surface area contributed by atoms with E-state index < -0.39 is 54.6 Å². The van der Waals surface area contributed by atoms with Gasteiger partial charge in [-0.2, -0.15) is 0 Å². The number of pyridine rings is 1. The SMILES string of the molecule is [2H]c1c([2H])c([2H])c(C([2H])(n2cc(-c3ccc(C(=O)OC)cc3)c3ncc(-c4c(C)noc4C)cc32)C([2H])([2H])[2H])c([2H])c1[2H]. The minimum Gasteiger partial charge on any atom is -0.465 e. The molecule has 0 spiro atoms. The van der Waals surface area contributed by atoms with Gasteiger partial charge < -0.3 is 13.8 Å². The highest BCUT2D eigenvalue weighted by atomic mass is 16.5. The molecule has 1 unspecified atom stereocenters. The van der Waals surface area contributed by atoms with E-state index in [1.165, 1.54) is 25.4 Å². The highest BCUT2D eigenvalue weighted by molar-refractivity contribution is 5.96. The molecule has 170 valence electrons. The number of carbonyl (C=O) groups excluding carboxylic acids is 1. The number of aromatic nitrogens is 3. The van der Waals surface area contributed by atoms with Gasteiger partial charge in [-0.05, 0) is 50.0 Å². The first-order chi connectivity index (χ1) is 20.1. The lowest BCUT2D eigenvalue weighted by Crippen LogP contribution is -2.05. The van der Waals surface area contributed by atoms with Crippen molar-refractivity contribution in [1.82, 2.24) is 14.7 Å². The summed E-state index contributed by atoms with van der Waals surface area (Å²) in [5.41, 5.74) is 2.54. The smallest absolute Gasteiger partial charge is 0.337 e. The molecule has 3 heterocycles. The van der Waals surface area contributed by atoms with Crippen LogP contribution in [-0.4, -0.2) is 27.8 Å². The van der Waals surface area contributed by atoms with Crippen molar-refractivity contribution in [3.63, 3.8) is 0 Å². The second-order valence-electron chi connectivity index (χ2n) is 7.62. The first kappa shape index (κ1) is 13.5. The van der Waals surface area contributed by atoms with E-state index in [9.17, 15) is 6.17 Å². The molecule has 2 aromatic carbocycles. The molecular formula is C28H25N3O3. The highest BCUT2D eigenvalue weighted by Crippen LogP contribution is 2.36. The molecule has 6 heteroatoms. The van der Waals surface area contributed by atoms with Gasteiger partial charge in [-0.15, -0.1) is 0 Å². The topological polar surface area (TPSA) is 70.2 Å². The van der Waals surface area contributed by atoms with Crippen LogP contribution in [0.3, 0.4) is 0 Å². The Morgan fingerprint density at radius 3 is 2.59 bits per heavy atom. The molecular weight excluding hydrogens is 426 g/mol. The maximum Gasteiger partial charge on any atom is 0.337 e. The number of carbonyl (C=O) groups is 1. The van der Waals surface area contributed by atoms with E-state index in [0.717, 1.165) is 4.57 Å². The van der Waals surface area contributed by atoms with Gasteiger partial charge in [0.15, 0.2) is 0 Å². The lowest BCUT2D eigenvalue weighted by Gasteiger charge is -2.16. The predicted octanol–water partition coefficient (Wildman–Crippen LogP) is 6.37. The quantitative estimate of drug-likeness (QED) is 0.285. The Labute approximate surface area is 210 Å². The fraction of sp³-hybridized carbons (Fsp3) is 0.179. The van der Waals surface area contributed by atoms with Crippen LogP contribution in [0.15, 0.2) is 77.5 Å². The molecule has 5 aromatic rings. The van der Waals surface area contributed by atoms with Gasteiger partial charge in [0, 0.05) is 33.2 Å². The van der Waals surface area contributed by atoms with E-state index in [2.05, 4.69) is 10.1 Å². The standard InChI is InChI=1S/C28H25N3O3/c1-17-26(19(3)34-30-17)23-14-25-27(29-15-23)24(21-10-12-22(13-11-21)28(32)33-4)16-31(25)18(2)20-8-6-5-7-9-20/h5-16,18H,1-4H3/i2D3,5D,6D,7D,8D,9D,18D. The molecule has 5 rings (SSSR count). The van der Waals surface area contributed by atoms with Crippen molar-refractivity contribution in [3.8, 4) is 22.3 Å². The number of aryl methyl sites for hydroxylation is 2. The Balaban J connectivity index is 1.90. The summed E-state index contributed by atoms with van der Waals surface area (Å²) in [4.78, 5) is 16.6. The average molecular weight is 461 g/mol. The van der Waals surface area contributed by atoms with Gasteiger partial charge >= 0.3 is 5.97 Å². The lowest BCUT2D eigenvalue weighted by atomic mass is 10.0. The summed E-state index contributed by atoms with van der Waals surface area (Å²) >= 11 is 0. The maximum atomic E-state index is 12.0. The predicted molar refractivity (Wildman–Crippen MR) is 132 cm³/mol. The molecule has 0 saturated carbocycles. The van der Waals surface area contributed by atoms with Crippen LogP contribution in [0.25, 0.3) is 33.3 Å². The zero-order valence-corrected chi connectivity index (χ0v) is 18.6. The number of hydrogen-bond donors (Lipinski definition) is 0. The summed E-state index contributed by atoms with van der Waals surface area (Å²) in [5, 5.41) is 3.98. The Morgan fingerprint density at radius 1 is 1.18 bits per heavy atom. The number of benzene rings is 2. The third kappa shape index (κ3) is 3.67. The number of hydrogen-bond acceptors (Lipinski definition) is 5. The zero-order chi connectivity index (χ0) is 31.6. The van der Waals surface area contributed by atoms with E-state index in [1.807, 2.05) is 0 Å². The van der Waals surface area contributed by atoms with Crippen LogP contribution in [0, 0.1) is 13.8 Å². The van der Waals surface area contributed by atoms with Crippen molar-refractivity contribution in [1.29, 1.82) is 0 Å². The van der Waals surface area contributed by atoms with Crippen LogP contribution < -0.4 is 0 Å². The van der Waals surface area contributed by atoms with E-state index in [1.54, 1.807) is 38.2 Å². The molecule has 1 atom stereocenters. The molecule has 6 nitrogen and oxygen atoms in total. The van der Waals surface area contributed by atoms with Gasteiger partial charge in [-0.3, -0.25) is 4.98 Å². The molecule has 0 N–H and O–H groups in total. The molecule has 0 radical (unpaired) electrons. The van der Waals surface area contributed by atoms with Crippen LogP contribution in [-0.2, 0) is 4.74 Å². The number of methoxy groups -OCH3 is 1. The summed E-state index contributed by atoms with van der Waals surface area (Å²) < 4.78 is 87.6. The molecule has 0 aliphatic heterocycles. The summed E-state index contributed by atoms with van der Waals surface area (Å²) in [6.45, 7) is 0.197. The normalized spacial score (nSPS) is 17.2. The van der Waals surface area contributed by atoms with Gasteiger partial charge in [-0.25, -0.2) is 4.79 Å². The van der Waals surface area contributed by atoms with E-state index in [4.69, 9.17) is 20.2 Å². The van der Waals surface area contributed by atoms with E-state index >= 15 is 0 Å². The first-order valence-electron chi connectivity index (χ1n) is 14.8. The highest BCUT2D eigenvalue weighted by Gasteiger charge is 2.20. The maximum absolute atomic E-state index is 12.0. The van der Waals surface area contributed by atoms with Crippen molar-refractivity contribution in [2.24, 2.45) is 0 Å². The fourth-order valence-corrected chi connectivity index (χ4v) is 3.92. The van der Waals surface area contributed by atoms with Gasteiger partial charge in [0.05, 0.1) is 43.6 Å². The van der Waals surface area contributed by atoms with Crippen LogP contribution in [0.4, 0.5) is 0 Å². The second-order valence-corrected chi connectivity index (χ2v) is 7.62. The molecule has 0 amide bonds.